The van der Waals surface area contributed by atoms with Gasteiger partial charge in [-0.25, -0.2) is 4.98 Å². The van der Waals surface area contributed by atoms with E-state index in [0.29, 0.717) is 44.4 Å². The number of rotatable bonds is 6. The number of oxazole rings is 1. The second kappa shape index (κ2) is 10.1. The quantitative estimate of drug-likeness (QED) is 0.296. The van der Waals surface area contributed by atoms with E-state index in [0.717, 1.165) is 5.56 Å². The average molecular weight is 495 g/mol. The normalized spacial score (nSPS) is 14.3. The summed E-state index contributed by atoms with van der Waals surface area (Å²) in [5, 5.41) is 3.75. The van der Waals surface area contributed by atoms with Gasteiger partial charge in [0.15, 0.2) is 12.2 Å². The lowest BCUT2D eigenvalue weighted by atomic mass is 9.84. The number of aromatic nitrogens is 1. The van der Waals surface area contributed by atoms with E-state index in [1.165, 1.54) is 37.7 Å². The van der Waals surface area contributed by atoms with Crippen molar-refractivity contribution in [3.63, 3.8) is 0 Å². The molecule has 1 saturated carbocycles. The number of ether oxygens (including phenoxy) is 1. The summed E-state index contributed by atoms with van der Waals surface area (Å²) < 4.78 is 11.5. The number of fused-ring (bicyclic) bond motifs is 1. The number of anilines is 1. The molecule has 7 heteroatoms. The van der Waals surface area contributed by atoms with Gasteiger partial charge in [0.25, 0.3) is 5.91 Å². The van der Waals surface area contributed by atoms with Crippen LogP contribution in [0.1, 0.15) is 43.6 Å². The van der Waals surface area contributed by atoms with Crippen molar-refractivity contribution in [3.05, 3.63) is 76.3 Å². The van der Waals surface area contributed by atoms with Gasteiger partial charge in [0.2, 0.25) is 5.89 Å². The number of hydrogen-bond donors (Lipinski definition) is 1. The van der Waals surface area contributed by atoms with Gasteiger partial charge in [-0.3, -0.25) is 4.79 Å². The topological polar surface area (TPSA) is 64.4 Å². The first kappa shape index (κ1) is 22.8. The third-order valence-corrected chi connectivity index (χ3v) is 6.65. The number of amides is 1. The van der Waals surface area contributed by atoms with Gasteiger partial charge in [0, 0.05) is 16.3 Å². The summed E-state index contributed by atoms with van der Waals surface area (Å²) in [4.78, 5) is 16.8. The highest BCUT2D eigenvalue weighted by Gasteiger charge is 2.16. The molecule has 0 aliphatic heterocycles. The molecule has 0 radical (unpaired) electrons. The van der Waals surface area contributed by atoms with Crippen LogP contribution in [0.25, 0.3) is 22.6 Å². The minimum absolute atomic E-state index is 0.0606. The van der Waals surface area contributed by atoms with Crippen LogP contribution < -0.4 is 10.1 Å². The fraction of sp³-hybridized carbons (Fsp3) is 0.259. The maximum atomic E-state index is 12.3. The molecule has 174 valence electrons. The highest BCUT2D eigenvalue weighted by molar-refractivity contribution is 6.38. The molecule has 1 amide bonds. The molecule has 1 aliphatic rings. The van der Waals surface area contributed by atoms with Crippen LogP contribution >= 0.6 is 23.2 Å². The van der Waals surface area contributed by atoms with E-state index in [1.807, 2.05) is 24.3 Å². The zero-order chi connectivity index (χ0) is 23.5. The monoisotopic (exact) mass is 494 g/mol. The van der Waals surface area contributed by atoms with E-state index < -0.39 is 0 Å². The lowest BCUT2D eigenvalue weighted by molar-refractivity contribution is -0.118. The molecule has 5 rings (SSSR count). The van der Waals surface area contributed by atoms with Crippen LogP contribution in [0.3, 0.4) is 0 Å². The number of nitrogens with zero attached hydrogens (tertiary/aromatic N) is 1. The first-order valence-corrected chi connectivity index (χ1v) is 12.2. The van der Waals surface area contributed by atoms with Crippen molar-refractivity contribution < 1.29 is 13.9 Å². The molecule has 1 heterocycles. The highest BCUT2D eigenvalue weighted by atomic mass is 35.5. The molecule has 5 nitrogen and oxygen atoms in total. The van der Waals surface area contributed by atoms with Crippen molar-refractivity contribution >= 4 is 45.9 Å². The minimum atomic E-state index is -0.229. The molecule has 34 heavy (non-hydrogen) atoms. The first-order valence-electron chi connectivity index (χ1n) is 11.4. The molecule has 0 spiro atoms. The Morgan fingerprint density at radius 2 is 1.74 bits per heavy atom. The maximum absolute atomic E-state index is 12.3. The van der Waals surface area contributed by atoms with E-state index in [1.54, 1.807) is 24.3 Å². The molecular weight excluding hydrogens is 471 g/mol. The predicted molar refractivity (Wildman–Crippen MR) is 136 cm³/mol. The zero-order valence-electron chi connectivity index (χ0n) is 18.5. The molecule has 0 saturated heterocycles. The van der Waals surface area contributed by atoms with Gasteiger partial charge in [0.05, 0.1) is 5.02 Å². The van der Waals surface area contributed by atoms with Crippen LogP contribution in [-0.4, -0.2) is 17.5 Å². The molecule has 3 aromatic carbocycles. The molecule has 0 unspecified atom stereocenters. The van der Waals surface area contributed by atoms with Gasteiger partial charge in [0.1, 0.15) is 11.3 Å². The predicted octanol–water partition coefficient (Wildman–Crippen LogP) is 7.87. The zero-order valence-corrected chi connectivity index (χ0v) is 20.0. The summed E-state index contributed by atoms with van der Waals surface area (Å²) in [6.07, 6.45) is 6.48. The average Bonchev–Trinajstić information content (AvgIpc) is 3.29. The van der Waals surface area contributed by atoms with Crippen molar-refractivity contribution in [2.75, 3.05) is 11.9 Å². The molecule has 4 aromatic rings. The second-order valence-corrected chi connectivity index (χ2v) is 9.42. The Morgan fingerprint density at radius 3 is 2.47 bits per heavy atom. The molecular formula is C27H24Cl2N2O3. The van der Waals surface area contributed by atoms with Crippen LogP contribution in [0, 0.1) is 0 Å². The lowest BCUT2D eigenvalue weighted by Crippen LogP contribution is -2.20. The van der Waals surface area contributed by atoms with Crippen molar-refractivity contribution in [3.8, 4) is 17.2 Å². The smallest absolute Gasteiger partial charge is 0.262 e. The standard InChI is InChI=1S/C27H24Cl2N2O3/c28-20-14-23(29)26-24(15-20)31-27(34-26)19-6-10-21(11-7-19)30-25(32)16-33-22-12-8-18(9-13-22)17-4-2-1-3-5-17/h6-15,17H,1-5,16H2,(H,30,32). The van der Waals surface area contributed by atoms with Gasteiger partial charge < -0.3 is 14.5 Å². The summed E-state index contributed by atoms with van der Waals surface area (Å²) in [6, 6.07) is 18.7. The third-order valence-electron chi connectivity index (χ3n) is 6.15. The summed E-state index contributed by atoms with van der Waals surface area (Å²) in [7, 11) is 0. The molecule has 0 bridgehead atoms. The van der Waals surface area contributed by atoms with E-state index in [9.17, 15) is 4.79 Å². The third kappa shape index (κ3) is 5.21. The Hall–Kier alpha value is -3.02. The maximum Gasteiger partial charge on any atom is 0.262 e. The van der Waals surface area contributed by atoms with Crippen LogP contribution in [0.15, 0.2) is 65.1 Å². The van der Waals surface area contributed by atoms with Gasteiger partial charge in [-0.05, 0) is 72.9 Å². The Kier molecular flexibility index (Phi) is 6.75. The number of nitrogens with one attached hydrogen (secondary N) is 1. The number of halogens is 2. The molecule has 0 atom stereocenters. The van der Waals surface area contributed by atoms with E-state index in [-0.39, 0.29) is 12.5 Å². The number of hydrogen-bond acceptors (Lipinski definition) is 4. The van der Waals surface area contributed by atoms with Crippen LogP contribution in [0.2, 0.25) is 10.0 Å². The van der Waals surface area contributed by atoms with E-state index in [2.05, 4.69) is 22.4 Å². The summed E-state index contributed by atoms with van der Waals surface area (Å²) >= 11 is 12.2. The molecule has 1 fully saturated rings. The van der Waals surface area contributed by atoms with Crippen molar-refractivity contribution in [1.82, 2.24) is 4.98 Å². The number of carbonyl (C=O) groups excluding carboxylic acids is 1. The summed E-state index contributed by atoms with van der Waals surface area (Å²) in [5.74, 6) is 1.54. The van der Waals surface area contributed by atoms with Crippen LogP contribution in [0.5, 0.6) is 5.75 Å². The molecule has 1 N–H and O–H groups in total. The van der Waals surface area contributed by atoms with Gasteiger partial charge in [-0.1, -0.05) is 54.6 Å². The van der Waals surface area contributed by atoms with Crippen LogP contribution in [0.4, 0.5) is 5.69 Å². The number of carbonyl (C=O) groups is 1. The molecule has 1 aliphatic carbocycles. The summed E-state index contributed by atoms with van der Waals surface area (Å²) in [5.41, 5.74) is 3.86. The van der Waals surface area contributed by atoms with Crippen LogP contribution in [-0.2, 0) is 4.79 Å². The first-order chi connectivity index (χ1) is 16.5. The second-order valence-electron chi connectivity index (χ2n) is 8.57. The Balaban J connectivity index is 1.17. The van der Waals surface area contributed by atoms with E-state index in [4.69, 9.17) is 32.4 Å². The van der Waals surface area contributed by atoms with Crippen molar-refractivity contribution in [2.45, 2.75) is 38.0 Å². The van der Waals surface area contributed by atoms with Crippen molar-refractivity contribution in [2.24, 2.45) is 0 Å². The largest absolute Gasteiger partial charge is 0.484 e. The van der Waals surface area contributed by atoms with Gasteiger partial charge in [-0.2, -0.15) is 0 Å². The lowest BCUT2D eigenvalue weighted by Gasteiger charge is -2.22. The number of benzene rings is 3. The van der Waals surface area contributed by atoms with E-state index >= 15 is 0 Å². The Labute approximate surface area is 208 Å². The highest BCUT2D eigenvalue weighted by Crippen LogP contribution is 2.34. The Bertz CT molecular complexity index is 1290. The van der Waals surface area contributed by atoms with Gasteiger partial charge in [-0.15, -0.1) is 0 Å². The fourth-order valence-electron chi connectivity index (χ4n) is 4.40. The minimum Gasteiger partial charge on any atom is -0.484 e. The van der Waals surface area contributed by atoms with Gasteiger partial charge >= 0.3 is 0 Å². The fourth-order valence-corrected chi connectivity index (χ4v) is 4.92. The SMILES string of the molecule is O=C(COc1ccc(C2CCCCC2)cc1)Nc1ccc(-c2nc3cc(Cl)cc(Cl)c3o2)cc1. The van der Waals surface area contributed by atoms with Crippen molar-refractivity contribution in [1.29, 1.82) is 0 Å². The summed E-state index contributed by atoms with van der Waals surface area (Å²) in [6.45, 7) is -0.0606. The Morgan fingerprint density at radius 1 is 1.00 bits per heavy atom. The molecule has 1 aromatic heterocycles.